The fraction of sp³-hybridized carbons (Fsp3) is 0.789. The number of carboxylic acid groups (broad SMARTS) is 2. The summed E-state index contributed by atoms with van der Waals surface area (Å²) in [6.45, 7) is 13.5. The average Bonchev–Trinajstić information content (AvgIpc) is 3.57. The van der Waals surface area contributed by atoms with Gasteiger partial charge in [-0.15, -0.1) is 0 Å². The third-order valence-electron chi connectivity index (χ3n) is 8.86. The minimum absolute atomic E-state index is 0.0722. The molecule has 0 saturated heterocycles. The Kier molecular flexibility index (Phi) is 21.4. The van der Waals surface area contributed by atoms with Gasteiger partial charge in [0.1, 0.15) is 35.1 Å². The fourth-order valence-corrected chi connectivity index (χ4v) is 6.03. The van der Waals surface area contributed by atoms with Crippen molar-refractivity contribution in [1.29, 1.82) is 0 Å². The summed E-state index contributed by atoms with van der Waals surface area (Å²) in [5.74, 6) is -6.24. The van der Waals surface area contributed by atoms with Crippen LogP contribution in [-0.4, -0.2) is 113 Å². The topological polar surface area (TPSA) is 268 Å². The number of hydrogen-bond donors (Lipinski definition) is 8. The molecule has 8 N–H and O–H groups in total. The molecule has 1 saturated carbocycles. The van der Waals surface area contributed by atoms with Crippen molar-refractivity contribution >= 4 is 47.6 Å². The first-order valence-corrected chi connectivity index (χ1v) is 19.6. The number of Topliss-reactive ketones (excluding diaryl/α,β-unsaturated/α-hetero) is 1. The van der Waals surface area contributed by atoms with E-state index in [1.54, 1.807) is 41.5 Å². The van der Waals surface area contributed by atoms with Gasteiger partial charge in [0.2, 0.25) is 17.7 Å². The molecule has 6 atom stereocenters. The van der Waals surface area contributed by atoms with Gasteiger partial charge in [0.15, 0.2) is 0 Å². The maximum Gasteiger partial charge on any atom is 0.407 e. The van der Waals surface area contributed by atoms with E-state index in [4.69, 9.17) is 9.47 Å². The molecule has 0 bridgehead atoms. The van der Waals surface area contributed by atoms with Crippen LogP contribution >= 0.6 is 0 Å². The summed E-state index contributed by atoms with van der Waals surface area (Å²) in [5.41, 5.74) is -1.49. The van der Waals surface area contributed by atoms with E-state index in [1.165, 1.54) is 0 Å². The molecule has 5 amide bonds. The molecule has 1 aliphatic rings. The van der Waals surface area contributed by atoms with Crippen LogP contribution in [0.25, 0.3) is 0 Å². The smallest absolute Gasteiger partial charge is 0.407 e. The van der Waals surface area contributed by atoms with Crippen LogP contribution in [0.1, 0.15) is 126 Å². The molecule has 1 rings (SSSR count). The van der Waals surface area contributed by atoms with Gasteiger partial charge in [-0.3, -0.25) is 24.5 Å². The van der Waals surface area contributed by atoms with Gasteiger partial charge in [-0.1, -0.05) is 46.0 Å². The van der Waals surface area contributed by atoms with E-state index < -0.39 is 89.1 Å². The van der Waals surface area contributed by atoms with Crippen LogP contribution < -0.4 is 31.9 Å². The predicted octanol–water partition coefficient (Wildman–Crippen LogP) is 2.76. The Hall–Kier alpha value is -4.48. The average molecular weight is 799 g/mol. The molecular formula is C38H66N6O12. The Morgan fingerprint density at radius 3 is 1.46 bits per heavy atom. The highest BCUT2D eigenvalue weighted by Gasteiger charge is 2.39. The van der Waals surface area contributed by atoms with Gasteiger partial charge in [-0.2, -0.15) is 0 Å². The molecule has 0 unspecified atom stereocenters. The van der Waals surface area contributed by atoms with Crippen LogP contribution in [0, 0.1) is 11.8 Å². The van der Waals surface area contributed by atoms with Crippen molar-refractivity contribution in [3.8, 4) is 0 Å². The first-order chi connectivity index (χ1) is 26.1. The van der Waals surface area contributed by atoms with Crippen LogP contribution in [0.2, 0.25) is 0 Å². The number of carbonyl (C=O) groups excluding carboxylic acids is 6. The number of ether oxygens (including phenoxy) is 2. The summed E-state index contributed by atoms with van der Waals surface area (Å²) in [6.07, 6.45) is 2.79. The van der Waals surface area contributed by atoms with Gasteiger partial charge < -0.3 is 46.3 Å². The highest BCUT2D eigenvalue weighted by molar-refractivity contribution is 5.94. The Balaban J connectivity index is 2.91. The van der Waals surface area contributed by atoms with E-state index in [1.807, 2.05) is 13.8 Å². The van der Waals surface area contributed by atoms with E-state index in [9.17, 15) is 48.6 Å². The van der Waals surface area contributed by atoms with Crippen LogP contribution in [0.15, 0.2) is 0 Å². The molecule has 18 heteroatoms. The van der Waals surface area contributed by atoms with Gasteiger partial charge in [-0.05, 0) is 80.1 Å². The molecule has 0 aromatic heterocycles. The van der Waals surface area contributed by atoms with Crippen molar-refractivity contribution in [1.82, 2.24) is 31.9 Å². The zero-order valence-corrected chi connectivity index (χ0v) is 34.3. The van der Waals surface area contributed by atoms with Crippen molar-refractivity contribution in [2.75, 3.05) is 19.6 Å². The molecule has 0 aromatic rings. The molecular weight excluding hydrogens is 732 g/mol. The summed E-state index contributed by atoms with van der Waals surface area (Å²) >= 11 is 0. The molecule has 56 heavy (non-hydrogen) atoms. The number of aliphatic carboxylic acids is 2. The highest BCUT2D eigenvalue weighted by atomic mass is 16.6. The number of alkyl carbamates (subject to hydrolysis) is 2. The SMILES string of the molecule is CCCC[C@H](NCC(=O)[C@@H]1CCC[C@H]1C(=O)N[C@@H](CCCC)C(=O)N[C@@H](CCNC(=O)OC(C)(C)C)C(=O)O)C(=O)N[C@@H](CCNC(=O)OC(C)(C)C)C(=O)O. The lowest BCUT2D eigenvalue weighted by Gasteiger charge is -2.25. The molecule has 0 aliphatic heterocycles. The van der Waals surface area contributed by atoms with Crippen molar-refractivity contribution in [3.63, 3.8) is 0 Å². The van der Waals surface area contributed by atoms with Gasteiger partial charge in [0.25, 0.3) is 0 Å². The Bertz CT molecular complexity index is 1350. The van der Waals surface area contributed by atoms with Crippen molar-refractivity contribution in [2.24, 2.45) is 11.8 Å². The summed E-state index contributed by atoms with van der Waals surface area (Å²) in [5, 5.41) is 35.1. The van der Waals surface area contributed by atoms with E-state index in [0.717, 1.165) is 6.42 Å². The van der Waals surface area contributed by atoms with E-state index in [0.29, 0.717) is 44.9 Å². The number of ketones is 1. The van der Waals surface area contributed by atoms with Crippen LogP contribution in [0.3, 0.4) is 0 Å². The molecule has 0 heterocycles. The third kappa shape index (κ3) is 19.9. The quantitative estimate of drug-likeness (QED) is 0.0699. The largest absolute Gasteiger partial charge is 0.480 e. The Morgan fingerprint density at radius 2 is 1.04 bits per heavy atom. The lowest BCUT2D eigenvalue weighted by molar-refractivity contribution is -0.142. The second-order valence-corrected chi connectivity index (χ2v) is 16.1. The van der Waals surface area contributed by atoms with Crippen molar-refractivity contribution in [2.45, 2.75) is 161 Å². The predicted molar refractivity (Wildman–Crippen MR) is 205 cm³/mol. The van der Waals surface area contributed by atoms with Gasteiger partial charge >= 0.3 is 24.1 Å². The molecule has 0 aromatic carbocycles. The van der Waals surface area contributed by atoms with Crippen LogP contribution in [0.4, 0.5) is 9.59 Å². The van der Waals surface area contributed by atoms with Crippen molar-refractivity contribution in [3.05, 3.63) is 0 Å². The molecule has 18 nitrogen and oxygen atoms in total. The summed E-state index contributed by atoms with van der Waals surface area (Å²) in [7, 11) is 0. The first kappa shape index (κ1) is 49.5. The van der Waals surface area contributed by atoms with Gasteiger partial charge in [-0.25, -0.2) is 19.2 Å². The number of amides is 5. The molecule has 320 valence electrons. The zero-order valence-electron chi connectivity index (χ0n) is 34.3. The lowest BCUT2D eigenvalue weighted by atomic mass is 9.90. The molecule has 0 spiro atoms. The second-order valence-electron chi connectivity index (χ2n) is 16.1. The number of rotatable bonds is 24. The van der Waals surface area contributed by atoms with Crippen LogP contribution in [-0.2, 0) is 38.2 Å². The maximum absolute atomic E-state index is 13.6. The van der Waals surface area contributed by atoms with E-state index in [2.05, 4.69) is 31.9 Å². The van der Waals surface area contributed by atoms with E-state index >= 15 is 0 Å². The molecule has 1 aliphatic carbocycles. The third-order valence-corrected chi connectivity index (χ3v) is 8.86. The summed E-state index contributed by atoms with van der Waals surface area (Å²) in [4.78, 5) is 102. The fourth-order valence-electron chi connectivity index (χ4n) is 6.03. The highest BCUT2D eigenvalue weighted by Crippen LogP contribution is 2.33. The molecule has 0 radical (unpaired) electrons. The minimum atomic E-state index is -1.36. The zero-order chi connectivity index (χ0) is 42.6. The number of unbranched alkanes of at least 4 members (excludes halogenated alkanes) is 2. The van der Waals surface area contributed by atoms with Gasteiger partial charge in [0.05, 0.1) is 12.6 Å². The summed E-state index contributed by atoms with van der Waals surface area (Å²) in [6, 6.07) is -4.65. The van der Waals surface area contributed by atoms with Crippen molar-refractivity contribution < 1.29 is 58.0 Å². The number of carbonyl (C=O) groups is 8. The normalized spacial score (nSPS) is 17.6. The Morgan fingerprint density at radius 1 is 0.607 bits per heavy atom. The van der Waals surface area contributed by atoms with Gasteiger partial charge in [0, 0.05) is 24.9 Å². The lowest BCUT2D eigenvalue weighted by Crippen LogP contribution is -2.54. The summed E-state index contributed by atoms with van der Waals surface area (Å²) < 4.78 is 10.3. The standard InChI is InChI=1S/C38H66N6O12/c1-9-11-16-25(31(47)43-27(33(49)50)18-20-39-35(53)55-37(3,4)5)41-22-29(45)23-14-13-15-24(23)30(46)42-26(17-12-10-2)32(48)44-28(34(51)52)19-21-40-36(54)56-38(6,7)8/h23-28,41H,9-22H2,1-8H3,(H,39,53)(H,40,54)(H,42,46)(H,43,47)(H,44,48)(H,49,50)(H,51,52)/t23-,24-,25+,26+,27+,28+/m1/s1. The monoisotopic (exact) mass is 798 g/mol. The molecule has 1 fully saturated rings. The number of hydrogen-bond acceptors (Lipinski definition) is 11. The number of nitrogens with one attached hydrogen (secondary N) is 6. The Labute approximate surface area is 330 Å². The number of carboxylic acids is 2. The minimum Gasteiger partial charge on any atom is -0.480 e. The van der Waals surface area contributed by atoms with Crippen LogP contribution in [0.5, 0.6) is 0 Å². The maximum atomic E-state index is 13.6. The second kappa shape index (κ2) is 24.2. The first-order valence-electron chi connectivity index (χ1n) is 19.6. The van der Waals surface area contributed by atoms with E-state index in [-0.39, 0.29) is 44.7 Å².